The van der Waals surface area contributed by atoms with Gasteiger partial charge in [0.25, 0.3) is 0 Å². The molecule has 0 fully saturated rings. The number of aromatic nitrogens is 3. The van der Waals surface area contributed by atoms with Crippen LogP contribution in [0.2, 0.25) is 5.02 Å². The Labute approximate surface area is 132 Å². The van der Waals surface area contributed by atoms with Gasteiger partial charge in [-0.2, -0.15) is 0 Å². The van der Waals surface area contributed by atoms with Gasteiger partial charge in [-0.15, -0.1) is 11.8 Å². The molecule has 0 saturated carbocycles. The molecule has 2 aromatic heterocycles. The third-order valence-electron chi connectivity index (χ3n) is 3.17. The molecule has 4 nitrogen and oxygen atoms in total. The Hall–Kier alpha value is -1.72. The van der Waals surface area contributed by atoms with Crippen molar-refractivity contribution in [3.8, 4) is 0 Å². The molecule has 0 aliphatic heterocycles. The first kappa shape index (κ1) is 14.2. The van der Waals surface area contributed by atoms with Gasteiger partial charge in [0.15, 0.2) is 0 Å². The Morgan fingerprint density at radius 1 is 1.24 bits per heavy atom. The molecule has 2 N–H and O–H groups in total. The summed E-state index contributed by atoms with van der Waals surface area (Å²) in [7, 11) is 0. The highest BCUT2D eigenvalue weighted by Crippen LogP contribution is 2.28. The summed E-state index contributed by atoms with van der Waals surface area (Å²) < 4.78 is 2.01. The van der Waals surface area contributed by atoms with E-state index in [2.05, 4.69) is 16.9 Å². The topological polar surface area (TPSA) is 56.2 Å². The summed E-state index contributed by atoms with van der Waals surface area (Å²) in [5.74, 6) is 1.51. The number of benzene rings is 1. The minimum absolute atomic E-state index is 0.586. The fourth-order valence-corrected chi connectivity index (χ4v) is 3.21. The number of nitrogens with two attached hydrogens (primary N) is 1. The summed E-state index contributed by atoms with van der Waals surface area (Å²) in [6.07, 6.45) is 2.03. The van der Waals surface area contributed by atoms with Crippen LogP contribution in [0.1, 0.15) is 17.1 Å². The molecule has 0 unspecified atom stereocenters. The maximum atomic E-state index is 6.03. The van der Waals surface area contributed by atoms with E-state index in [9.17, 15) is 0 Å². The predicted molar refractivity (Wildman–Crippen MR) is 87.9 cm³/mol. The Kier molecular flexibility index (Phi) is 3.78. The molecule has 2 heterocycles. The van der Waals surface area contributed by atoms with Crippen molar-refractivity contribution in [1.82, 2.24) is 14.4 Å². The Morgan fingerprint density at radius 2 is 2.05 bits per heavy atom. The second-order valence-electron chi connectivity index (χ2n) is 4.91. The number of anilines is 1. The van der Waals surface area contributed by atoms with Crippen LogP contribution in [0.5, 0.6) is 0 Å². The third-order valence-corrected chi connectivity index (χ3v) is 4.52. The fourth-order valence-electron chi connectivity index (χ4n) is 2.14. The van der Waals surface area contributed by atoms with Crippen LogP contribution in [0.25, 0.3) is 5.78 Å². The van der Waals surface area contributed by atoms with Crippen LogP contribution in [-0.2, 0) is 5.75 Å². The lowest BCUT2D eigenvalue weighted by molar-refractivity contribution is 1.01. The molecule has 0 radical (unpaired) electrons. The number of nitrogen functional groups attached to an aromatic ring is 1. The molecule has 3 aromatic rings. The molecule has 0 aliphatic carbocycles. The van der Waals surface area contributed by atoms with Gasteiger partial charge in [0.1, 0.15) is 0 Å². The monoisotopic (exact) mass is 318 g/mol. The second-order valence-corrected chi connectivity index (χ2v) is 6.37. The van der Waals surface area contributed by atoms with Gasteiger partial charge in [-0.05, 0) is 38.1 Å². The number of rotatable bonds is 3. The zero-order valence-electron chi connectivity index (χ0n) is 11.8. The van der Waals surface area contributed by atoms with Gasteiger partial charge in [-0.1, -0.05) is 11.6 Å². The summed E-state index contributed by atoms with van der Waals surface area (Å²) in [4.78, 5) is 10.1. The highest BCUT2D eigenvalue weighted by molar-refractivity contribution is 7.98. The van der Waals surface area contributed by atoms with Crippen LogP contribution >= 0.6 is 23.4 Å². The van der Waals surface area contributed by atoms with Gasteiger partial charge in [0.2, 0.25) is 5.78 Å². The van der Waals surface area contributed by atoms with Gasteiger partial charge in [0.05, 0.1) is 16.4 Å². The highest BCUT2D eigenvalue weighted by Gasteiger charge is 2.07. The SMILES string of the molecule is Cc1cc(C)n2cc(CSc3ccc(N)c(Cl)c3)nc2n1. The molecular weight excluding hydrogens is 304 g/mol. The number of thioether (sulfide) groups is 1. The normalized spacial score (nSPS) is 11.2. The summed E-state index contributed by atoms with van der Waals surface area (Å²) in [6, 6.07) is 7.72. The van der Waals surface area contributed by atoms with Crippen molar-refractivity contribution in [1.29, 1.82) is 0 Å². The average molecular weight is 319 g/mol. The molecule has 0 aliphatic rings. The number of hydrogen-bond donors (Lipinski definition) is 1. The maximum absolute atomic E-state index is 6.03. The molecule has 1 aromatic carbocycles. The molecule has 0 atom stereocenters. The minimum atomic E-state index is 0.586. The summed E-state index contributed by atoms with van der Waals surface area (Å²) in [6.45, 7) is 4.03. The molecule has 0 amide bonds. The van der Waals surface area contributed by atoms with Crippen molar-refractivity contribution >= 4 is 34.8 Å². The minimum Gasteiger partial charge on any atom is -0.398 e. The number of hydrogen-bond acceptors (Lipinski definition) is 4. The molecule has 6 heteroatoms. The average Bonchev–Trinajstić information content (AvgIpc) is 2.83. The molecular formula is C15H15ClN4S. The number of imidazole rings is 1. The van der Waals surface area contributed by atoms with E-state index in [-0.39, 0.29) is 0 Å². The summed E-state index contributed by atoms with van der Waals surface area (Å²) in [5.41, 5.74) is 9.43. The van der Waals surface area contributed by atoms with E-state index in [0.717, 1.165) is 33.5 Å². The lowest BCUT2D eigenvalue weighted by atomic mass is 10.3. The number of nitrogens with zero attached hydrogens (tertiary/aromatic N) is 3. The van der Waals surface area contributed by atoms with Gasteiger partial charge in [-0.3, -0.25) is 4.40 Å². The van der Waals surface area contributed by atoms with Gasteiger partial charge < -0.3 is 5.73 Å². The van der Waals surface area contributed by atoms with Crippen molar-refractivity contribution < 1.29 is 0 Å². The molecule has 0 spiro atoms. The first-order chi connectivity index (χ1) is 10.0. The van der Waals surface area contributed by atoms with Crippen LogP contribution in [0.4, 0.5) is 5.69 Å². The largest absolute Gasteiger partial charge is 0.398 e. The van der Waals surface area contributed by atoms with Crippen molar-refractivity contribution in [2.45, 2.75) is 24.5 Å². The standard InChI is InChI=1S/C15H15ClN4S/c1-9-5-10(2)20-7-11(19-15(20)18-9)8-21-12-3-4-14(17)13(16)6-12/h3-7H,8,17H2,1-2H3. The number of fused-ring (bicyclic) bond motifs is 1. The zero-order chi connectivity index (χ0) is 15.0. The van der Waals surface area contributed by atoms with Crippen LogP contribution in [0.3, 0.4) is 0 Å². The Morgan fingerprint density at radius 3 is 2.81 bits per heavy atom. The first-order valence-electron chi connectivity index (χ1n) is 6.53. The number of halogens is 1. The summed E-state index contributed by atoms with van der Waals surface area (Å²) >= 11 is 7.71. The summed E-state index contributed by atoms with van der Waals surface area (Å²) in [5, 5.41) is 0.586. The van der Waals surface area contributed by atoms with Crippen LogP contribution in [0, 0.1) is 13.8 Å². The van der Waals surface area contributed by atoms with E-state index in [4.69, 9.17) is 17.3 Å². The van der Waals surface area contributed by atoms with E-state index in [1.165, 1.54) is 0 Å². The van der Waals surface area contributed by atoms with Crippen molar-refractivity contribution in [2.24, 2.45) is 0 Å². The van der Waals surface area contributed by atoms with Crippen molar-refractivity contribution in [3.05, 3.63) is 52.6 Å². The Bertz CT molecular complexity index is 813. The van der Waals surface area contributed by atoms with Crippen LogP contribution < -0.4 is 5.73 Å². The van der Waals surface area contributed by atoms with Crippen molar-refractivity contribution in [3.63, 3.8) is 0 Å². The van der Waals surface area contributed by atoms with Gasteiger partial charge in [0, 0.05) is 28.2 Å². The molecule has 0 saturated heterocycles. The van der Waals surface area contributed by atoms with E-state index in [1.807, 2.05) is 41.8 Å². The second kappa shape index (κ2) is 5.58. The lowest BCUT2D eigenvalue weighted by Gasteiger charge is -2.02. The van der Waals surface area contributed by atoms with Crippen molar-refractivity contribution in [2.75, 3.05) is 5.73 Å². The Balaban J connectivity index is 1.82. The van der Waals surface area contributed by atoms with E-state index in [0.29, 0.717) is 10.7 Å². The highest BCUT2D eigenvalue weighted by atomic mass is 35.5. The quantitative estimate of drug-likeness (QED) is 0.588. The van der Waals surface area contributed by atoms with E-state index in [1.54, 1.807) is 11.8 Å². The maximum Gasteiger partial charge on any atom is 0.234 e. The van der Waals surface area contributed by atoms with E-state index < -0.39 is 0 Å². The smallest absolute Gasteiger partial charge is 0.234 e. The van der Waals surface area contributed by atoms with Gasteiger partial charge >= 0.3 is 0 Å². The number of aryl methyl sites for hydroxylation is 2. The fraction of sp³-hybridized carbons (Fsp3) is 0.200. The molecule has 108 valence electrons. The first-order valence-corrected chi connectivity index (χ1v) is 7.89. The third kappa shape index (κ3) is 2.99. The molecule has 3 rings (SSSR count). The predicted octanol–water partition coefficient (Wildman–Crippen LogP) is 3.87. The molecule has 0 bridgehead atoms. The lowest BCUT2D eigenvalue weighted by Crippen LogP contribution is -1.94. The van der Waals surface area contributed by atoms with Crippen LogP contribution in [0.15, 0.2) is 35.4 Å². The zero-order valence-corrected chi connectivity index (χ0v) is 13.4. The van der Waals surface area contributed by atoms with E-state index >= 15 is 0 Å². The van der Waals surface area contributed by atoms with Gasteiger partial charge in [-0.25, -0.2) is 9.97 Å². The van der Waals surface area contributed by atoms with Crippen LogP contribution in [-0.4, -0.2) is 14.4 Å². The molecule has 21 heavy (non-hydrogen) atoms.